The molecule has 2 aromatic heterocycles. The molecular formula is C16H14N4OS. The largest absolute Gasteiger partial charge is 0.296 e. The van der Waals surface area contributed by atoms with Crippen LogP contribution < -0.4 is 5.32 Å². The van der Waals surface area contributed by atoms with Gasteiger partial charge in [-0.05, 0) is 18.6 Å². The molecule has 1 aromatic carbocycles. The van der Waals surface area contributed by atoms with Crippen molar-refractivity contribution in [1.29, 1.82) is 0 Å². The number of nitrogens with zero attached hydrogens (tertiary/aromatic N) is 3. The van der Waals surface area contributed by atoms with Gasteiger partial charge in [-0.15, -0.1) is 11.3 Å². The predicted octanol–water partition coefficient (Wildman–Crippen LogP) is 3.18. The Kier molecular flexibility index (Phi) is 3.04. The number of nitrogens with one attached hydrogen (secondary N) is 1. The van der Waals surface area contributed by atoms with Gasteiger partial charge >= 0.3 is 0 Å². The minimum absolute atomic E-state index is 0.215. The van der Waals surface area contributed by atoms with Gasteiger partial charge in [0.25, 0.3) is 5.91 Å². The van der Waals surface area contributed by atoms with Crippen LogP contribution in [-0.2, 0) is 13.0 Å². The van der Waals surface area contributed by atoms with E-state index < -0.39 is 0 Å². The van der Waals surface area contributed by atoms with Crippen molar-refractivity contribution in [1.82, 2.24) is 14.8 Å². The first kappa shape index (κ1) is 13.2. The Hall–Kier alpha value is -2.47. The Bertz CT molecular complexity index is 865. The molecule has 0 atom stereocenters. The Labute approximate surface area is 131 Å². The summed E-state index contributed by atoms with van der Waals surface area (Å²) in [6.07, 6.45) is 2.69. The van der Waals surface area contributed by atoms with E-state index in [1.165, 1.54) is 27.3 Å². The van der Waals surface area contributed by atoms with E-state index in [1.54, 1.807) is 16.9 Å². The molecule has 0 aliphatic heterocycles. The smallest absolute Gasteiger partial charge is 0.277 e. The second kappa shape index (κ2) is 5.06. The average molecular weight is 310 g/mol. The van der Waals surface area contributed by atoms with Crippen molar-refractivity contribution in [3.05, 3.63) is 52.7 Å². The van der Waals surface area contributed by atoms with Gasteiger partial charge in [0.15, 0.2) is 10.8 Å². The quantitative estimate of drug-likeness (QED) is 0.632. The number of carbonyl (C=O) groups is 1. The molecule has 0 fully saturated rings. The lowest BCUT2D eigenvalue weighted by Gasteiger charge is -2.00. The number of rotatable bonds is 3. The SMILES string of the molecule is CCn1ccc(C(=O)Nc2nc3c(s2)Cc2ccccc2-3)n1. The fourth-order valence-corrected chi connectivity index (χ4v) is 3.63. The van der Waals surface area contributed by atoms with E-state index in [4.69, 9.17) is 0 Å². The monoisotopic (exact) mass is 310 g/mol. The zero-order chi connectivity index (χ0) is 15.1. The number of fused-ring (bicyclic) bond motifs is 3. The van der Waals surface area contributed by atoms with E-state index in [0.717, 1.165) is 18.7 Å². The van der Waals surface area contributed by atoms with Gasteiger partial charge in [0.05, 0.1) is 5.69 Å². The van der Waals surface area contributed by atoms with Crippen LogP contribution in [0.15, 0.2) is 36.5 Å². The molecule has 5 nitrogen and oxygen atoms in total. The molecule has 4 rings (SSSR count). The molecule has 2 heterocycles. The van der Waals surface area contributed by atoms with Gasteiger partial charge in [-0.25, -0.2) is 4.98 Å². The lowest BCUT2D eigenvalue weighted by molar-refractivity contribution is 0.102. The summed E-state index contributed by atoms with van der Waals surface area (Å²) in [6, 6.07) is 9.98. The summed E-state index contributed by atoms with van der Waals surface area (Å²) >= 11 is 1.54. The van der Waals surface area contributed by atoms with Crippen molar-refractivity contribution in [3.63, 3.8) is 0 Å². The van der Waals surface area contributed by atoms with Crippen LogP contribution in [0.3, 0.4) is 0 Å². The van der Waals surface area contributed by atoms with Gasteiger partial charge < -0.3 is 0 Å². The van der Waals surface area contributed by atoms with E-state index in [9.17, 15) is 4.79 Å². The molecule has 0 bridgehead atoms. The van der Waals surface area contributed by atoms with Crippen molar-refractivity contribution >= 4 is 22.4 Å². The number of anilines is 1. The van der Waals surface area contributed by atoms with E-state index in [0.29, 0.717) is 10.8 Å². The third-order valence-corrected chi connectivity index (χ3v) is 4.71. The number of hydrogen-bond acceptors (Lipinski definition) is 4. The topological polar surface area (TPSA) is 59.8 Å². The lowest BCUT2D eigenvalue weighted by Crippen LogP contribution is -2.13. The second-order valence-electron chi connectivity index (χ2n) is 5.14. The highest BCUT2D eigenvalue weighted by atomic mass is 32.1. The number of amides is 1. The summed E-state index contributed by atoms with van der Waals surface area (Å²) in [5, 5.41) is 7.69. The molecule has 1 amide bonds. The van der Waals surface area contributed by atoms with Crippen molar-refractivity contribution in [2.24, 2.45) is 0 Å². The summed E-state index contributed by atoms with van der Waals surface area (Å²) in [5.41, 5.74) is 3.88. The molecule has 0 saturated heterocycles. The van der Waals surface area contributed by atoms with Crippen LogP contribution in [0.5, 0.6) is 0 Å². The van der Waals surface area contributed by atoms with E-state index >= 15 is 0 Å². The highest BCUT2D eigenvalue weighted by Gasteiger charge is 2.23. The summed E-state index contributed by atoms with van der Waals surface area (Å²) in [5.74, 6) is -0.215. The molecule has 22 heavy (non-hydrogen) atoms. The highest BCUT2D eigenvalue weighted by molar-refractivity contribution is 7.16. The third kappa shape index (κ3) is 2.12. The minimum Gasteiger partial charge on any atom is -0.296 e. The number of aryl methyl sites for hydroxylation is 1. The number of hydrogen-bond donors (Lipinski definition) is 1. The second-order valence-corrected chi connectivity index (χ2v) is 6.22. The minimum atomic E-state index is -0.215. The molecule has 6 heteroatoms. The number of aromatic nitrogens is 3. The predicted molar refractivity (Wildman–Crippen MR) is 86.2 cm³/mol. The Balaban J connectivity index is 1.58. The standard InChI is InChI=1S/C16H14N4OS/c1-2-20-8-7-12(19-20)15(21)18-16-17-14-11-6-4-3-5-10(11)9-13(14)22-16/h3-8H,2,9H2,1H3,(H,17,18,21). The van der Waals surface area contributed by atoms with Crippen molar-refractivity contribution in [2.75, 3.05) is 5.32 Å². The summed E-state index contributed by atoms with van der Waals surface area (Å²) < 4.78 is 1.73. The molecule has 3 aromatic rings. The summed E-state index contributed by atoms with van der Waals surface area (Å²) in [4.78, 5) is 18.0. The van der Waals surface area contributed by atoms with Crippen LogP contribution in [0, 0.1) is 0 Å². The fourth-order valence-electron chi connectivity index (χ4n) is 2.63. The van der Waals surface area contributed by atoms with Gasteiger partial charge in [-0.2, -0.15) is 5.10 Å². The van der Waals surface area contributed by atoms with Crippen LogP contribution in [0.4, 0.5) is 5.13 Å². The molecule has 0 radical (unpaired) electrons. The molecule has 0 saturated carbocycles. The number of carbonyl (C=O) groups excluding carboxylic acids is 1. The van der Waals surface area contributed by atoms with Gasteiger partial charge in [-0.1, -0.05) is 24.3 Å². The van der Waals surface area contributed by atoms with Gasteiger partial charge in [0, 0.05) is 29.6 Å². The van der Waals surface area contributed by atoms with Crippen LogP contribution >= 0.6 is 11.3 Å². The summed E-state index contributed by atoms with van der Waals surface area (Å²) in [6.45, 7) is 2.73. The average Bonchev–Trinajstić information content (AvgIpc) is 3.20. The van der Waals surface area contributed by atoms with E-state index in [-0.39, 0.29) is 5.91 Å². The summed E-state index contributed by atoms with van der Waals surface area (Å²) in [7, 11) is 0. The molecule has 1 aliphatic rings. The van der Waals surface area contributed by atoms with Gasteiger partial charge in [0.1, 0.15) is 0 Å². The number of thiazole rings is 1. The first-order valence-corrected chi connectivity index (χ1v) is 7.99. The zero-order valence-corrected chi connectivity index (χ0v) is 12.9. The van der Waals surface area contributed by atoms with Crippen LogP contribution in [0.2, 0.25) is 0 Å². The van der Waals surface area contributed by atoms with E-state index in [2.05, 4.69) is 27.5 Å². The third-order valence-electron chi connectivity index (χ3n) is 3.74. The molecule has 0 unspecified atom stereocenters. The lowest BCUT2D eigenvalue weighted by atomic mass is 10.1. The van der Waals surface area contributed by atoms with Crippen LogP contribution in [0.1, 0.15) is 27.9 Å². The van der Waals surface area contributed by atoms with Gasteiger partial charge in [0.2, 0.25) is 0 Å². The van der Waals surface area contributed by atoms with Gasteiger partial charge in [-0.3, -0.25) is 14.8 Å². The Morgan fingerprint density at radius 1 is 1.36 bits per heavy atom. The Morgan fingerprint density at radius 2 is 2.23 bits per heavy atom. The first-order chi connectivity index (χ1) is 10.7. The molecular weight excluding hydrogens is 296 g/mol. The first-order valence-electron chi connectivity index (χ1n) is 7.17. The van der Waals surface area contributed by atoms with Crippen LogP contribution in [0.25, 0.3) is 11.3 Å². The molecule has 110 valence electrons. The highest BCUT2D eigenvalue weighted by Crippen LogP contribution is 2.40. The van der Waals surface area contributed by atoms with Crippen molar-refractivity contribution in [2.45, 2.75) is 19.9 Å². The fraction of sp³-hybridized carbons (Fsp3) is 0.188. The van der Waals surface area contributed by atoms with Crippen molar-refractivity contribution < 1.29 is 4.79 Å². The normalized spacial score (nSPS) is 12.0. The molecule has 1 aliphatic carbocycles. The van der Waals surface area contributed by atoms with E-state index in [1.807, 2.05) is 19.1 Å². The molecule has 0 spiro atoms. The van der Waals surface area contributed by atoms with Crippen LogP contribution in [-0.4, -0.2) is 20.7 Å². The maximum Gasteiger partial charge on any atom is 0.277 e. The molecule has 1 N–H and O–H groups in total. The maximum absolute atomic E-state index is 12.2. The zero-order valence-electron chi connectivity index (χ0n) is 12.0. The Morgan fingerprint density at radius 3 is 3.05 bits per heavy atom. The number of benzene rings is 1. The maximum atomic E-state index is 12.2. The van der Waals surface area contributed by atoms with Crippen molar-refractivity contribution in [3.8, 4) is 11.3 Å².